The van der Waals surface area contributed by atoms with Crippen molar-refractivity contribution in [2.24, 2.45) is 0 Å². The predicted molar refractivity (Wildman–Crippen MR) is 21.8 cm³/mol. The van der Waals surface area contributed by atoms with E-state index in [1.807, 2.05) is 0 Å². The topological polar surface area (TPSA) is 21.3 Å². The summed E-state index contributed by atoms with van der Waals surface area (Å²) in [5.41, 5.74) is 2.43. The van der Waals surface area contributed by atoms with E-state index in [0.717, 1.165) is 0 Å². The molecule has 1 radical (unpaired) electrons. The van der Waals surface area contributed by atoms with Crippen LogP contribution in [-0.2, 0) is 4.84 Å². The minimum Gasteiger partial charge on any atom is -0.305 e. The average molecular weight is 68.0 g/mol. The zero-order valence-corrected chi connectivity index (χ0v) is 3.91. The monoisotopic (exact) mass is 68.1 g/mol. The van der Waals surface area contributed by atoms with Crippen LogP contribution in [0.1, 0.15) is 0 Å². The van der Waals surface area contributed by atoms with Gasteiger partial charge in [-0.15, -0.1) is 0 Å². The maximum Gasteiger partial charge on any atom is 0.0572 e. The van der Waals surface area contributed by atoms with E-state index in [1.54, 1.807) is 14.2 Å². The predicted octanol–water partition coefficient (Wildman–Crippen LogP) is -0.614. The smallest absolute Gasteiger partial charge is 0.0572 e. The second kappa shape index (κ2) is 8.82. The minimum atomic E-state index is 0. The second-order valence-corrected chi connectivity index (χ2v) is 0.408. The first-order valence-electron chi connectivity index (χ1n) is 1.11. The molecular weight excluding hydrogens is 61.0 g/mol. The van der Waals surface area contributed by atoms with Gasteiger partial charge in [-0.25, -0.2) is 5.48 Å². The van der Waals surface area contributed by atoms with Gasteiger partial charge in [0.05, 0.1) is 7.11 Å². The van der Waals surface area contributed by atoms with Crippen molar-refractivity contribution in [1.29, 1.82) is 0 Å². The third-order valence-electron chi connectivity index (χ3n) is 0.204. The molecule has 0 fully saturated rings. The fourth-order valence-electron chi connectivity index (χ4n) is 0. The van der Waals surface area contributed by atoms with E-state index in [2.05, 4.69) is 10.3 Å². The molecule has 3 heteroatoms. The van der Waals surface area contributed by atoms with Crippen LogP contribution in [-0.4, -0.2) is 33.0 Å². The quantitative estimate of drug-likeness (QED) is 0.327. The second-order valence-electron chi connectivity index (χ2n) is 0.408. The Morgan fingerprint density at radius 2 is 1.80 bits per heavy atom. The van der Waals surface area contributed by atoms with Crippen LogP contribution in [0.5, 0.6) is 0 Å². The Morgan fingerprint density at radius 3 is 1.80 bits per heavy atom. The van der Waals surface area contributed by atoms with E-state index in [0.29, 0.717) is 0 Å². The Kier molecular flexibility index (Phi) is 16.1. The molecule has 0 atom stereocenters. The van der Waals surface area contributed by atoms with Gasteiger partial charge in [0.1, 0.15) is 0 Å². The first-order chi connectivity index (χ1) is 1.91. The number of rotatable bonds is 1. The van der Waals surface area contributed by atoms with Crippen LogP contribution in [0.2, 0.25) is 0 Å². The zero-order chi connectivity index (χ0) is 3.41. The van der Waals surface area contributed by atoms with Gasteiger partial charge in [0.25, 0.3) is 0 Å². The molecule has 0 aliphatic carbocycles. The molecule has 0 heterocycles. The van der Waals surface area contributed by atoms with Crippen molar-refractivity contribution in [3.05, 3.63) is 0 Å². The largest absolute Gasteiger partial charge is 0.305 e. The number of nitrogens with one attached hydrogen (secondary N) is 1. The van der Waals surface area contributed by atoms with Crippen LogP contribution in [0.15, 0.2) is 0 Å². The molecule has 27 valence electrons. The summed E-state index contributed by atoms with van der Waals surface area (Å²) >= 11 is 0. The van der Waals surface area contributed by atoms with E-state index in [9.17, 15) is 0 Å². The summed E-state index contributed by atoms with van der Waals surface area (Å²) in [4.78, 5) is 4.29. The average Bonchev–Trinajstić information content (AvgIpc) is 1.37. The van der Waals surface area contributed by atoms with Crippen molar-refractivity contribution >= 4 is 18.9 Å². The first-order valence-corrected chi connectivity index (χ1v) is 1.11. The maximum absolute atomic E-state index is 4.29. The number of hydrogen-bond donors (Lipinski definition) is 1. The van der Waals surface area contributed by atoms with E-state index in [1.165, 1.54) is 0 Å². The number of hydroxylamine groups is 1. The fraction of sp³-hybridized carbons (Fsp3) is 1.00. The van der Waals surface area contributed by atoms with Crippen molar-refractivity contribution < 1.29 is 4.84 Å². The summed E-state index contributed by atoms with van der Waals surface area (Å²) in [6.45, 7) is 0. The Balaban J connectivity index is 0. The van der Waals surface area contributed by atoms with E-state index in [-0.39, 0.29) is 18.9 Å². The molecule has 0 amide bonds. The summed E-state index contributed by atoms with van der Waals surface area (Å²) < 4.78 is 0. The van der Waals surface area contributed by atoms with Gasteiger partial charge < -0.3 is 4.84 Å². The van der Waals surface area contributed by atoms with Crippen LogP contribution in [0.4, 0.5) is 0 Å². The van der Waals surface area contributed by atoms with Gasteiger partial charge in [-0.05, 0) is 0 Å². The Labute approximate surface area is 44.0 Å². The molecule has 2 nitrogen and oxygen atoms in total. The molecule has 0 unspecified atom stereocenters. The molecule has 0 aliphatic rings. The van der Waals surface area contributed by atoms with Crippen molar-refractivity contribution in [1.82, 2.24) is 5.48 Å². The molecule has 5 heavy (non-hydrogen) atoms. The van der Waals surface area contributed by atoms with Crippen LogP contribution in [0.3, 0.4) is 0 Å². The summed E-state index contributed by atoms with van der Waals surface area (Å²) in [7, 11) is 3.28. The maximum atomic E-state index is 4.29. The minimum absolute atomic E-state index is 0. The molecule has 1 N–H and O–H groups in total. The van der Waals surface area contributed by atoms with Gasteiger partial charge in [0.2, 0.25) is 0 Å². The summed E-state index contributed by atoms with van der Waals surface area (Å²) in [5, 5.41) is 0. The van der Waals surface area contributed by atoms with Crippen molar-refractivity contribution in [2.75, 3.05) is 14.2 Å². The van der Waals surface area contributed by atoms with E-state index >= 15 is 0 Å². The molecule has 0 saturated heterocycles. The number of hydrogen-bond acceptors (Lipinski definition) is 2. The van der Waals surface area contributed by atoms with Crippen LogP contribution in [0.25, 0.3) is 0 Å². The van der Waals surface area contributed by atoms with E-state index in [4.69, 9.17) is 0 Å². The summed E-state index contributed by atoms with van der Waals surface area (Å²) in [6, 6.07) is 0. The fourth-order valence-corrected chi connectivity index (χ4v) is 0. The molecule has 0 aromatic carbocycles. The van der Waals surface area contributed by atoms with Crippen molar-refractivity contribution in [3.63, 3.8) is 0 Å². The molecule has 0 bridgehead atoms. The summed E-state index contributed by atoms with van der Waals surface area (Å²) in [5.74, 6) is 0. The Hall–Kier alpha value is 0.517. The third-order valence-corrected chi connectivity index (χ3v) is 0.204. The first kappa shape index (κ1) is 9.10. The van der Waals surface area contributed by atoms with Crippen LogP contribution < -0.4 is 5.48 Å². The van der Waals surface area contributed by atoms with Crippen molar-refractivity contribution in [2.45, 2.75) is 0 Å². The van der Waals surface area contributed by atoms with Crippen molar-refractivity contribution in [3.8, 4) is 0 Å². The molecule has 0 saturated carbocycles. The molecular formula is C2H7LiNO. The van der Waals surface area contributed by atoms with Gasteiger partial charge in [0.15, 0.2) is 0 Å². The van der Waals surface area contributed by atoms with Gasteiger partial charge in [-0.1, -0.05) is 0 Å². The SMILES string of the molecule is CNOC.[Li]. The van der Waals surface area contributed by atoms with Gasteiger partial charge in [0, 0.05) is 25.9 Å². The molecule has 0 aliphatic heterocycles. The molecule has 0 aromatic rings. The molecule has 0 spiro atoms. The van der Waals surface area contributed by atoms with Crippen LogP contribution >= 0.6 is 0 Å². The molecule has 0 rings (SSSR count). The zero-order valence-electron chi connectivity index (χ0n) is 3.91. The van der Waals surface area contributed by atoms with E-state index < -0.39 is 0 Å². The summed E-state index contributed by atoms with van der Waals surface area (Å²) in [6.07, 6.45) is 0. The van der Waals surface area contributed by atoms with Gasteiger partial charge in [-0.3, -0.25) is 0 Å². The Bertz CT molecular complexity index is 11.6. The normalized spacial score (nSPS) is 6.00. The standard InChI is InChI=1S/C2H7NO.Li/c1-3-4-2;/h3H,1-2H3;. The van der Waals surface area contributed by atoms with Crippen LogP contribution in [0, 0.1) is 0 Å². The molecule has 0 aromatic heterocycles. The third kappa shape index (κ3) is 12.4. The van der Waals surface area contributed by atoms with Gasteiger partial charge >= 0.3 is 0 Å². The Morgan fingerprint density at radius 1 is 1.60 bits per heavy atom. The van der Waals surface area contributed by atoms with Gasteiger partial charge in [-0.2, -0.15) is 0 Å².